The second kappa shape index (κ2) is 39.3. The normalized spacial score (nSPS) is 14.2. The highest BCUT2D eigenvalue weighted by atomic mass is 31.2. The van der Waals surface area contributed by atoms with E-state index in [0.29, 0.717) is 24.1 Å². The lowest BCUT2D eigenvalue weighted by molar-refractivity contribution is -0.870. The number of phosphoric acid groups is 1. The molecule has 0 aliphatic carbocycles. The third kappa shape index (κ3) is 43.4. The number of hydrogen-bond donors (Lipinski definition) is 0. The maximum absolute atomic E-state index is 12.7. The maximum atomic E-state index is 12.7. The molecule has 0 aromatic carbocycles. The fourth-order valence-corrected chi connectivity index (χ4v) is 6.57. The summed E-state index contributed by atoms with van der Waals surface area (Å²) in [5, 5.41) is 0. The van der Waals surface area contributed by atoms with Gasteiger partial charge in [-0.25, -0.2) is 0 Å². The minimum Gasteiger partial charge on any atom is -0.756 e. The van der Waals surface area contributed by atoms with Gasteiger partial charge in [0.15, 0.2) is 0 Å². The van der Waals surface area contributed by atoms with Gasteiger partial charge in [-0.05, 0) is 77.0 Å². The lowest BCUT2D eigenvalue weighted by Gasteiger charge is -2.28. The van der Waals surface area contributed by atoms with Crippen molar-refractivity contribution in [3.05, 3.63) is 48.6 Å². The molecule has 0 spiro atoms. The van der Waals surface area contributed by atoms with Gasteiger partial charge in [0, 0.05) is 13.0 Å². The topological polar surface area (TPSA) is 94.1 Å². The third-order valence-corrected chi connectivity index (χ3v) is 10.3. The molecule has 0 aliphatic heterocycles. The summed E-state index contributed by atoms with van der Waals surface area (Å²) >= 11 is 0. The van der Waals surface area contributed by atoms with Crippen molar-refractivity contribution >= 4 is 13.8 Å². The molecule has 0 saturated heterocycles. The number of phosphoric ester groups is 1. The molecule has 0 aromatic heterocycles. The number of nitrogens with zero attached hydrogens (tertiary/aromatic N) is 1. The van der Waals surface area contributed by atoms with Crippen LogP contribution in [0.25, 0.3) is 0 Å². The summed E-state index contributed by atoms with van der Waals surface area (Å²) in [5.41, 5.74) is 0. The molecule has 0 N–H and O–H groups in total. The molecule has 2 unspecified atom stereocenters. The zero-order valence-corrected chi connectivity index (χ0v) is 37.3. The number of esters is 1. The summed E-state index contributed by atoms with van der Waals surface area (Å²) < 4.78 is 34.6. The van der Waals surface area contributed by atoms with Crippen molar-refractivity contribution in [3.63, 3.8) is 0 Å². The smallest absolute Gasteiger partial charge is 0.306 e. The average Bonchev–Trinajstić information content (AvgIpc) is 3.13. The van der Waals surface area contributed by atoms with Crippen molar-refractivity contribution in [2.24, 2.45) is 0 Å². The van der Waals surface area contributed by atoms with Crippen LogP contribution in [0, 0.1) is 0 Å². The number of likely N-dealkylation sites (N-methyl/N-ethyl adjacent to an activating group) is 1. The first-order valence-corrected chi connectivity index (χ1v) is 23.8. The Morgan fingerprint density at radius 2 is 1.00 bits per heavy atom. The number of carbonyl (C=O) groups excluding carboxylic acids is 1. The quantitative estimate of drug-likeness (QED) is 0.0200. The van der Waals surface area contributed by atoms with Crippen LogP contribution in [0.1, 0.15) is 181 Å². The monoisotopic (exact) mass is 796 g/mol. The van der Waals surface area contributed by atoms with Gasteiger partial charge < -0.3 is 27.9 Å². The second-order valence-electron chi connectivity index (χ2n) is 16.0. The van der Waals surface area contributed by atoms with E-state index >= 15 is 0 Å². The van der Waals surface area contributed by atoms with Crippen molar-refractivity contribution in [1.29, 1.82) is 0 Å². The number of hydrogen-bond acceptors (Lipinski definition) is 7. The standard InChI is InChI=1S/C46H86NO7P/c1-6-8-10-12-14-16-18-20-22-23-24-25-26-27-29-31-33-35-37-39-46(48)54-45(44-53-55(49,50)52-42-40-47(3,4)5)43-51-41-38-36-34-32-30-28-21-19-17-15-13-11-9-7-2/h14,16-17,19-20,22,24-25,45H,6-13,15,18,21,23,26-44H2,1-5H3/b16-14-,19-17-,22-20-,25-24-. The van der Waals surface area contributed by atoms with Crippen LogP contribution in [0.3, 0.4) is 0 Å². The fraction of sp³-hybridized carbons (Fsp3) is 0.804. The average molecular weight is 796 g/mol. The molecular formula is C46H86NO7P. The zero-order valence-electron chi connectivity index (χ0n) is 36.4. The molecule has 0 radical (unpaired) electrons. The molecule has 0 amide bonds. The number of rotatable bonds is 41. The molecular weight excluding hydrogens is 709 g/mol. The Hall–Kier alpha value is -1.54. The van der Waals surface area contributed by atoms with Crippen LogP contribution in [-0.4, -0.2) is 70.7 Å². The fourth-order valence-electron chi connectivity index (χ4n) is 5.84. The first kappa shape index (κ1) is 53.5. The molecule has 0 fully saturated rings. The summed E-state index contributed by atoms with van der Waals surface area (Å²) in [4.78, 5) is 25.1. The van der Waals surface area contributed by atoms with E-state index < -0.39 is 13.9 Å². The minimum atomic E-state index is -4.53. The summed E-state index contributed by atoms with van der Waals surface area (Å²) in [6, 6.07) is 0. The first-order valence-electron chi connectivity index (χ1n) is 22.4. The summed E-state index contributed by atoms with van der Waals surface area (Å²) in [6.07, 6.45) is 46.9. The van der Waals surface area contributed by atoms with Crippen LogP contribution < -0.4 is 4.89 Å². The summed E-state index contributed by atoms with van der Waals surface area (Å²) in [7, 11) is 1.34. The van der Waals surface area contributed by atoms with Gasteiger partial charge in [0.05, 0.1) is 34.4 Å². The van der Waals surface area contributed by atoms with Crippen molar-refractivity contribution < 1.29 is 37.3 Å². The van der Waals surface area contributed by atoms with Crippen molar-refractivity contribution in [2.75, 3.05) is 54.1 Å². The number of carbonyl (C=O) groups is 1. The molecule has 0 saturated carbocycles. The van der Waals surface area contributed by atoms with Crippen LogP contribution in [-0.2, 0) is 27.9 Å². The number of unbranched alkanes of at least 4 members (excludes halogenated alkanes) is 19. The number of quaternary nitrogens is 1. The largest absolute Gasteiger partial charge is 0.756 e. The Bertz CT molecular complexity index is 1020. The molecule has 0 heterocycles. The Kier molecular flexibility index (Phi) is 38.2. The Labute approximate surface area is 339 Å². The van der Waals surface area contributed by atoms with Gasteiger partial charge in [0.25, 0.3) is 7.82 Å². The molecule has 0 bridgehead atoms. The number of allylic oxidation sites excluding steroid dienone is 8. The highest BCUT2D eigenvalue weighted by Crippen LogP contribution is 2.38. The van der Waals surface area contributed by atoms with Crippen molar-refractivity contribution in [2.45, 2.75) is 187 Å². The molecule has 9 heteroatoms. The van der Waals surface area contributed by atoms with Gasteiger partial charge in [-0.1, -0.05) is 146 Å². The first-order chi connectivity index (χ1) is 26.6. The molecule has 0 aromatic rings. The molecule has 55 heavy (non-hydrogen) atoms. The van der Waals surface area contributed by atoms with Gasteiger partial charge in [0.2, 0.25) is 0 Å². The van der Waals surface area contributed by atoms with Crippen LogP contribution >= 0.6 is 7.82 Å². The molecule has 8 nitrogen and oxygen atoms in total. The van der Waals surface area contributed by atoms with E-state index in [0.717, 1.165) is 57.8 Å². The molecule has 322 valence electrons. The van der Waals surface area contributed by atoms with E-state index in [1.165, 1.54) is 103 Å². The van der Waals surface area contributed by atoms with Crippen LogP contribution in [0.2, 0.25) is 0 Å². The van der Waals surface area contributed by atoms with E-state index in [1.807, 2.05) is 21.1 Å². The van der Waals surface area contributed by atoms with E-state index in [2.05, 4.69) is 62.5 Å². The SMILES string of the molecule is CCCCC/C=C\C/C=C\C/C=C\CCCCCCCCC(=O)OC(COCCCCCCCC/C=C\CCCCCC)COP(=O)([O-])OCC[N+](C)(C)C. The van der Waals surface area contributed by atoms with E-state index in [9.17, 15) is 14.3 Å². The predicted octanol–water partition coefficient (Wildman–Crippen LogP) is 12.5. The predicted molar refractivity (Wildman–Crippen MR) is 231 cm³/mol. The molecule has 0 rings (SSSR count). The lowest BCUT2D eigenvalue weighted by atomic mass is 10.1. The van der Waals surface area contributed by atoms with Crippen molar-refractivity contribution in [3.8, 4) is 0 Å². The second-order valence-corrected chi connectivity index (χ2v) is 17.5. The van der Waals surface area contributed by atoms with E-state index in [4.69, 9.17) is 18.5 Å². The van der Waals surface area contributed by atoms with Crippen LogP contribution in [0.4, 0.5) is 0 Å². The lowest BCUT2D eigenvalue weighted by Crippen LogP contribution is -2.37. The highest BCUT2D eigenvalue weighted by Gasteiger charge is 2.20. The highest BCUT2D eigenvalue weighted by molar-refractivity contribution is 7.45. The summed E-state index contributed by atoms with van der Waals surface area (Å²) in [5.74, 6) is -0.350. The maximum Gasteiger partial charge on any atom is 0.306 e. The molecule has 2 atom stereocenters. The molecule has 0 aliphatic rings. The van der Waals surface area contributed by atoms with E-state index in [-0.39, 0.29) is 25.8 Å². The third-order valence-electron chi connectivity index (χ3n) is 9.35. The Morgan fingerprint density at radius 3 is 1.55 bits per heavy atom. The van der Waals surface area contributed by atoms with Gasteiger partial charge in [-0.3, -0.25) is 9.36 Å². The van der Waals surface area contributed by atoms with Gasteiger partial charge in [-0.2, -0.15) is 0 Å². The van der Waals surface area contributed by atoms with Crippen LogP contribution in [0.5, 0.6) is 0 Å². The minimum absolute atomic E-state index is 0.0208. The Balaban J connectivity index is 4.26. The summed E-state index contributed by atoms with van der Waals surface area (Å²) in [6.45, 7) is 5.34. The number of ether oxygens (including phenoxy) is 2. The van der Waals surface area contributed by atoms with Crippen molar-refractivity contribution in [1.82, 2.24) is 0 Å². The Morgan fingerprint density at radius 1 is 0.564 bits per heavy atom. The zero-order chi connectivity index (χ0) is 40.6. The van der Waals surface area contributed by atoms with Gasteiger partial charge in [-0.15, -0.1) is 0 Å². The van der Waals surface area contributed by atoms with Gasteiger partial charge >= 0.3 is 5.97 Å². The van der Waals surface area contributed by atoms with Crippen LogP contribution in [0.15, 0.2) is 48.6 Å². The van der Waals surface area contributed by atoms with Gasteiger partial charge in [0.1, 0.15) is 19.3 Å². The van der Waals surface area contributed by atoms with E-state index in [1.54, 1.807) is 0 Å².